The van der Waals surface area contributed by atoms with E-state index in [1.807, 2.05) is 30.3 Å². The van der Waals surface area contributed by atoms with Crippen molar-refractivity contribution in [2.75, 3.05) is 27.4 Å². The summed E-state index contributed by atoms with van der Waals surface area (Å²) in [6.07, 6.45) is 3.31. The van der Waals surface area contributed by atoms with Crippen LogP contribution in [0, 0.1) is 0 Å². The molecule has 1 heterocycles. The molecule has 0 saturated carbocycles. The Labute approximate surface area is 178 Å². The third-order valence-corrected chi connectivity index (χ3v) is 4.98. The molecule has 6 heteroatoms. The molecule has 0 N–H and O–H groups in total. The van der Waals surface area contributed by atoms with Gasteiger partial charge in [-0.05, 0) is 35.7 Å². The lowest BCUT2D eigenvalue weighted by atomic mass is 10.0. The van der Waals surface area contributed by atoms with Crippen LogP contribution >= 0.6 is 0 Å². The molecule has 6 nitrogen and oxygen atoms in total. The maximum atomic E-state index is 13.0. The molecular formula is C25H22O6. The fraction of sp³-hybridized carbons (Fsp3) is 0.160. The lowest BCUT2D eigenvalue weighted by molar-refractivity contribution is 0.309. The number of benzene rings is 3. The van der Waals surface area contributed by atoms with Gasteiger partial charge >= 0.3 is 5.63 Å². The highest BCUT2D eigenvalue weighted by Crippen LogP contribution is 2.40. The second kappa shape index (κ2) is 8.44. The molecule has 0 atom stereocenters. The minimum Gasteiger partial charge on any atom is -0.493 e. The Morgan fingerprint density at radius 2 is 1.52 bits per heavy atom. The van der Waals surface area contributed by atoms with Crippen molar-refractivity contribution in [3.8, 4) is 23.0 Å². The van der Waals surface area contributed by atoms with Gasteiger partial charge in [0.1, 0.15) is 24.2 Å². The zero-order valence-corrected chi connectivity index (χ0v) is 17.4. The Morgan fingerprint density at radius 3 is 2.16 bits per heavy atom. The monoisotopic (exact) mass is 418 g/mol. The van der Waals surface area contributed by atoms with Crippen molar-refractivity contribution < 1.29 is 23.4 Å². The molecule has 0 bridgehead atoms. The highest BCUT2D eigenvalue weighted by atomic mass is 16.5. The van der Waals surface area contributed by atoms with Crippen LogP contribution in [-0.4, -0.2) is 27.4 Å². The molecule has 158 valence electrons. The molecule has 0 aliphatic carbocycles. The third kappa shape index (κ3) is 3.46. The largest absolute Gasteiger partial charge is 0.493 e. The van der Waals surface area contributed by atoms with Crippen LogP contribution in [0.4, 0.5) is 0 Å². The van der Waals surface area contributed by atoms with E-state index in [-0.39, 0.29) is 0 Å². The second-order valence-corrected chi connectivity index (χ2v) is 6.77. The lowest BCUT2D eigenvalue weighted by Crippen LogP contribution is -2.04. The number of fused-ring (bicyclic) bond motifs is 5. The first-order valence-corrected chi connectivity index (χ1v) is 9.68. The maximum Gasteiger partial charge on any atom is 0.348 e. The van der Waals surface area contributed by atoms with Crippen LogP contribution in [0.2, 0.25) is 0 Å². The van der Waals surface area contributed by atoms with Gasteiger partial charge in [0, 0.05) is 16.2 Å². The van der Waals surface area contributed by atoms with Gasteiger partial charge in [0.25, 0.3) is 0 Å². The van der Waals surface area contributed by atoms with E-state index in [4.69, 9.17) is 23.4 Å². The van der Waals surface area contributed by atoms with Gasteiger partial charge in [-0.1, -0.05) is 31.4 Å². The molecule has 1 aromatic heterocycles. The van der Waals surface area contributed by atoms with Crippen LogP contribution in [0.1, 0.15) is 0 Å². The van der Waals surface area contributed by atoms with E-state index in [0.717, 1.165) is 16.2 Å². The van der Waals surface area contributed by atoms with Crippen molar-refractivity contribution in [3.63, 3.8) is 0 Å². The molecule has 0 aliphatic heterocycles. The first-order valence-electron chi connectivity index (χ1n) is 9.68. The molecule has 0 aliphatic rings. The molecule has 0 amide bonds. The minimum absolute atomic E-state index is 0.310. The predicted octanol–water partition coefficient (Wildman–Crippen LogP) is 5.25. The van der Waals surface area contributed by atoms with Crippen molar-refractivity contribution in [1.82, 2.24) is 0 Å². The summed E-state index contributed by atoms with van der Waals surface area (Å²) in [5, 5.41) is 3.41. The van der Waals surface area contributed by atoms with Gasteiger partial charge in [-0.25, -0.2) is 4.79 Å². The van der Waals surface area contributed by atoms with Crippen LogP contribution in [0.5, 0.6) is 23.0 Å². The molecule has 3 aromatic carbocycles. The van der Waals surface area contributed by atoms with E-state index in [2.05, 4.69) is 13.2 Å². The number of ether oxygens (including phenoxy) is 4. The zero-order valence-electron chi connectivity index (χ0n) is 17.4. The molecule has 0 unspecified atom stereocenters. The molecule has 0 radical (unpaired) electrons. The van der Waals surface area contributed by atoms with Gasteiger partial charge in [-0.3, -0.25) is 0 Å². The Balaban J connectivity index is 2.05. The summed E-state index contributed by atoms with van der Waals surface area (Å²) in [6, 6.07) is 11.1. The molecule has 0 spiro atoms. The van der Waals surface area contributed by atoms with Gasteiger partial charge in [-0.2, -0.15) is 0 Å². The molecule has 4 aromatic rings. The van der Waals surface area contributed by atoms with Crippen molar-refractivity contribution in [1.29, 1.82) is 0 Å². The highest BCUT2D eigenvalue weighted by molar-refractivity contribution is 6.15. The summed E-state index contributed by atoms with van der Waals surface area (Å²) in [7, 11) is 3.02. The summed E-state index contributed by atoms with van der Waals surface area (Å²) in [4.78, 5) is 13.0. The van der Waals surface area contributed by atoms with Gasteiger partial charge in [0.15, 0.2) is 23.0 Å². The van der Waals surface area contributed by atoms with E-state index in [0.29, 0.717) is 52.6 Å². The SMILES string of the molecule is C=CCOc1cc2ccc3c4ccc(OC)c(OC)c4c(=O)oc3c2cc1OCC=C. The van der Waals surface area contributed by atoms with E-state index >= 15 is 0 Å². The number of hydrogen-bond donors (Lipinski definition) is 0. The minimum atomic E-state index is -0.508. The van der Waals surface area contributed by atoms with E-state index < -0.39 is 5.63 Å². The first-order chi connectivity index (χ1) is 15.1. The van der Waals surface area contributed by atoms with Crippen LogP contribution in [0.3, 0.4) is 0 Å². The normalized spacial score (nSPS) is 10.9. The molecule has 0 saturated heterocycles. The van der Waals surface area contributed by atoms with E-state index in [1.165, 1.54) is 14.2 Å². The summed E-state index contributed by atoms with van der Waals surface area (Å²) in [5.74, 6) is 1.91. The van der Waals surface area contributed by atoms with E-state index in [1.54, 1.807) is 18.2 Å². The van der Waals surface area contributed by atoms with Crippen molar-refractivity contribution in [3.05, 3.63) is 72.1 Å². The fourth-order valence-electron chi connectivity index (χ4n) is 3.65. The van der Waals surface area contributed by atoms with Gasteiger partial charge in [0.2, 0.25) is 0 Å². The molecular weight excluding hydrogens is 396 g/mol. The van der Waals surface area contributed by atoms with Crippen molar-refractivity contribution in [2.45, 2.75) is 0 Å². The summed E-state index contributed by atoms with van der Waals surface area (Å²) >= 11 is 0. The van der Waals surface area contributed by atoms with Crippen molar-refractivity contribution in [2.24, 2.45) is 0 Å². The maximum absolute atomic E-state index is 13.0. The molecule has 31 heavy (non-hydrogen) atoms. The van der Waals surface area contributed by atoms with Crippen LogP contribution < -0.4 is 24.6 Å². The highest BCUT2D eigenvalue weighted by Gasteiger charge is 2.19. The first kappa shape index (κ1) is 20.3. The fourth-order valence-corrected chi connectivity index (χ4v) is 3.65. The molecule has 0 fully saturated rings. The average Bonchev–Trinajstić information content (AvgIpc) is 2.80. The second-order valence-electron chi connectivity index (χ2n) is 6.77. The van der Waals surface area contributed by atoms with Gasteiger partial charge in [-0.15, -0.1) is 0 Å². The van der Waals surface area contributed by atoms with Gasteiger partial charge in [0.05, 0.1) is 14.2 Å². The lowest BCUT2D eigenvalue weighted by Gasteiger charge is -2.14. The summed E-state index contributed by atoms with van der Waals surface area (Å²) in [5.41, 5.74) is -0.0489. The number of hydrogen-bond acceptors (Lipinski definition) is 6. The molecule has 4 rings (SSSR count). The van der Waals surface area contributed by atoms with Crippen LogP contribution in [0.25, 0.3) is 32.5 Å². The number of methoxy groups -OCH3 is 2. The van der Waals surface area contributed by atoms with Crippen LogP contribution in [0.15, 0.2) is 70.9 Å². The van der Waals surface area contributed by atoms with Gasteiger partial charge < -0.3 is 23.4 Å². The Kier molecular flexibility index (Phi) is 5.54. The zero-order chi connectivity index (χ0) is 22.0. The smallest absolute Gasteiger partial charge is 0.348 e. The summed E-state index contributed by atoms with van der Waals surface area (Å²) < 4.78 is 28.1. The summed E-state index contributed by atoms with van der Waals surface area (Å²) in [6.45, 7) is 8.03. The Bertz CT molecular complexity index is 1370. The third-order valence-electron chi connectivity index (χ3n) is 4.98. The topological polar surface area (TPSA) is 67.1 Å². The van der Waals surface area contributed by atoms with Crippen molar-refractivity contribution >= 4 is 32.5 Å². The standard InChI is InChI=1S/C25H22O6/c1-5-11-29-20-13-15-7-8-17-16-9-10-19(27-3)24(28-4)22(16)25(26)31-23(17)18(15)14-21(20)30-12-6-2/h5-10,13-14H,1-2,11-12H2,3-4H3. The quantitative estimate of drug-likeness (QED) is 0.221. The average molecular weight is 418 g/mol. The van der Waals surface area contributed by atoms with Crippen LogP contribution in [-0.2, 0) is 0 Å². The Hall–Kier alpha value is -3.93. The number of rotatable bonds is 8. The Morgan fingerprint density at radius 1 is 0.839 bits per heavy atom. The predicted molar refractivity (Wildman–Crippen MR) is 122 cm³/mol. The van der Waals surface area contributed by atoms with E-state index in [9.17, 15) is 4.79 Å².